The minimum Gasteiger partial charge on any atom is -0.493 e. The number of rotatable bonds is 10. The molecule has 0 atom stereocenters. The summed E-state index contributed by atoms with van der Waals surface area (Å²) in [5, 5.41) is 0. The number of anilines is 1. The predicted octanol–water partition coefficient (Wildman–Crippen LogP) is 4.63. The average molecular weight is 439 g/mol. The zero-order valence-electron chi connectivity index (χ0n) is 21.2. The van der Waals surface area contributed by atoms with E-state index in [0.29, 0.717) is 0 Å². The molecule has 4 heteroatoms. The van der Waals surface area contributed by atoms with Crippen LogP contribution in [0, 0.1) is 0 Å². The summed E-state index contributed by atoms with van der Waals surface area (Å²) in [5.74, 6) is 2.18. The molecular formula is C28H44N3O+. The molecule has 1 fully saturated rings. The van der Waals surface area contributed by atoms with Crippen molar-refractivity contribution in [2.24, 2.45) is 0 Å². The first-order valence-corrected chi connectivity index (χ1v) is 12.5. The van der Waals surface area contributed by atoms with Crippen molar-refractivity contribution in [3.05, 3.63) is 53.7 Å². The molecule has 1 aromatic heterocycles. The highest BCUT2D eigenvalue weighted by Gasteiger charge is 2.27. The molecule has 0 unspecified atom stereocenters. The van der Waals surface area contributed by atoms with Crippen LogP contribution in [-0.2, 0) is 10.8 Å². The normalized spacial score (nSPS) is 15.8. The second-order valence-corrected chi connectivity index (χ2v) is 10.6. The lowest BCUT2D eigenvalue weighted by molar-refractivity contribution is -0.900. The first kappa shape index (κ1) is 24.6. The molecular weight excluding hydrogens is 394 g/mol. The number of hydrogen-bond acceptors (Lipinski definition) is 3. The topological polar surface area (TPSA) is 29.8 Å². The van der Waals surface area contributed by atoms with Crippen molar-refractivity contribution in [2.75, 3.05) is 44.2 Å². The first-order chi connectivity index (χ1) is 15.3. The largest absolute Gasteiger partial charge is 0.493 e. The minimum atomic E-state index is 0.113. The van der Waals surface area contributed by atoms with Gasteiger partial charge in [-0.2, -0.15) is 0 Å². The molecule has 2 aromatic rings. The van der Waals surface area contributed by atoms with Gasteiger partial charge >= 0.3 is 0 Å². The van der Waals surface area contributed by atoms with Gasteiger partial charge in [0.25, 0.3) is 0 Å². The Morgan fingerprint density at radius 2 is 1.69 bits per heavy atom. The molecule has 0 amide bonds. The van der Waals surface area contributed by atoms with E-state index in [4.69, 9.17) is 4.74 Å². The van der Waals surface area contributed by atoms with E-state index in [-0.39, 0.29) is 10.8 Å². The van der Waals surface area contributed by atoms with Crippen LogP contribution in [-0.4, -0.2) is 44.3 Å². The van der Waals surface area contributed by atoms with E-state index in [0.717, 1.165) is 50.5 Å². The van der Waals surface area contributed by atoms with E-state index >= 15 is 0 Å². The number of pyridine rings is 1. The van der Waals surface area contributed by atoms with Gasteiger partial charge < -0.3 is 14.5 Å². The molecule has 0 radical (unpaired) electrons. The molecule has 3 rings (SSSR count). The van der Waals surface area contributed by atoms with Crippen LogP contribution < -0.4 is 14.5 Å². The Bertz CT molecular complexity index is 839. The number of ether oxygens (including phenoxy) is 1. The maximum Gasteiger partial charge on any atom is 0.128 e. The van der Waals surface area contributed by atoms with Crippen LogP contribution in [0.2, 0.25) is 0 Å². The summed E-state index contributed by atoms with van der Waals surface area (Å²) in [6.45, 7) is 20.4. The quantitative estimate of drug-likeness (QED) is 0.549. The van der Waals surface area contributed by atoms with Gasteiger partial charge in [-0.15, -0.1) is 0 Å². The van der Waals surface area contributed by atoms with E-state index in [9.17, 15) is 0 Å². The van der Waals surface area contributed by atoms with Crippen LogP contribution in [0.1, 0.15) is 71.9 Å². The molecule has 0 aliphatic carbocycles. The summed E-state index contributed by atoms with van der Waals surface area (Å²) in [4.78, 5) is 8.57. The van der Waals surface area contributed by atoms with Crippen LogP contribution >= 0.6 is 0 Å². The number of quaternary nitrogens is 1. The summed E-state index contributed by atoms with van der Waals surface area (Å²) in [7, 11) is 0. The fourth-order valence-electron chi connectivity index (χ4n) is 4.35. The van der Waals surface area contributed by atoms with Gasteiger partial charge in [-0.3, -0.25) is 0 Å². The molecule has 1 saturated heterocycles. The van der Waals surface area contributed by atoms with E-state index in [2.05, 4.69) is 81.8 Å². The molecule has 32 heavy (non-hydrogen) atoms. The lowest BCUT2D eigenvalue weighted by Gasteiger charge is -2.33. The number of piperazine rings is 1. The standard InChI is InChI=1S/C28H43N3O/c1-7-27(3,4)23-13-14-25(24(22-23)28(5,6)8-2)32-21-11-16-30-17-19-31(20-18-30)26-12-9-10-15-29-26/h9-10,12-15,22H,7-8,11,16-21H2,1-6H3/p+1. The second kappa shape index (κ2) is 10.7. The second-order valence-electron chi connectivity index (χ2n) is 10.6. The highest BCUT2D eigenvalue weighted by atomic mass is 16.5. The average Bonchev–Trinajstić information content (AvgIpc) is 2.82. The van der Waals surface area contributed by atoms with Crippen molar-refractivity contribution >= 4 is 5.82 Å². The first-order valence-electron chi connectivity index (χ1n) is 12.5. The minimum absolute atomic E-state index is 0.113. The lowest BCUT2D eigenvalue weighted by atomic mass is 9.76. The van der Waals surface area contributed by atoms with Gasteiger partial charge in [0.1, 0.15) is 11.6 Å². The molecule has 1 aromatic carbocycles. The van der Waals surface area contributed by atoms with E-state index < -0.39 is 0 Å². The van der Waals surface area contributed by atoms with Crippen molar-refractivity contribution < 1.29 is 9.64 Å². The van der Waals surface area contributed by atoms with Crippen LogP contribution in [0.15, 0.2) is 42.6 Å². The Balaban J connectivity index is 1.53. The Morgan fingerprint density at radius 3 is 2.31 bits per heavy atom. The molecule has 4 nitrogen and oxygen atoms in total. The van der Waals surface area contributed by atoms with Crippen molar-refractivity contribution in [2.45, 2.75) is 71.6 Å². The van der Waals surface area contributed by atoms with E-state index in [1.165, 1.54) is 30.8 Å². The Kier molecular flexibility index (Phi) is 8.21. The number of benzene rings is 1. The summed E-state index contributed by atoms with van der Waals surface area (Å²) in [6, 6.07) is 13.1. The fourth-order valence-corrected chi connectivity index (χ4v) is 4.35. The van der Waals surface area contributed by atoms with Gasteiger partial charge in [0.2, 0.25) is 0 Å². The molecule has 1 aliphatic heterocycles. The third-order valence-electron chi connectivity index (χ3n) is 7.63. The van der Waals surface area contributed by atoms with Gasteiger partial charge in [0.05, 0.1) is 39.3 Å². The maximum absolute atomic E-state index is 6.37. The van der Waals surface area contributed by atoms with Crippen molar-refractivity contribution in [3.8, 4) is 5.75 Å². The summed E-state index contributed by atoms with van der Waals surface area (Å²) < 4.78 is 6.37. The van der Waals surface area contributed by atoms with Crippen molar-refractivity contribution in [1.29, 1.82) is 0 Å². The van der Waals surface area contributed by atoms with Gasteiger partial charge in [-0.1, -0.05) is 59.7 Å². The van der Waals surface area contributed by atoms with Gasteiger partial charge in [-0.05, 0) is 47.4 Å². The highest BCUT2D eigenvalue weighted by molar-refractivity contribution is 5.44. The number of hydrogen-bond donors (Lipinski definition) is 1. The SMILES string of the molecule is CCC(C)(C)c1ccc(OCCC[NH+]2CCN(c3ccccn3)CC2)c(C(C)(C)CC)c1. The van der Waals surface area contributed by atoms with E-state index in [1.54, 1.807) is 4.90 Å². The van der Waals surface area contributed by atoms with Crippen LogP contribution in [0.25, 0.3) is 0 Å². The molecule has 176 valence electrons. The summed E-state index contributed by atoms with van der Waals surface area (Å²) >= 11 is 0. The smallest absolute Gasteiger partial charge is 0.128 e. The third kappa shape index (κ3) is 6.04. The molecule has 1 N–H and O–H groups in total. The third-order valence-corrected chi connectivity index (χ3v) is 7.63. The monoisotopic (exact) mass is 438 g/mol. The zero-order chi connectivity index (χ0) is 23.2. The molecule has 2 heterocycles. The van der Waals surface area contributed by atoms with Gasteiger partial charge in [0, 0.05) is 18.2 Å². The zero-order valence-corrected chi connectivity index (χ0v) is 21.2. The number of nitrogens with zero attached hydrogens (tertiary/aromatic N) is 2. The van der Waals surface area contributed by atoms with Crippen molar-refractivity contribution in [1.82, 2.24) is 4.98 Å². The highest BCUT2D eigenvalue weighted by Crippen LogP contribution is 2.38. The van der Waals surface area contributed by atoms with Gasteiger partial charge in [-0.25, -0.2) is 4.98 Å². The summed E-state index contributed by atoms with van der Waals surface area (Å²) in [6.07, 6.45) is 5.21. The van der Waals surface area contributed by atoms with Crippen LogP contribution in [0.3, 0.4) is 0 Å². The Labute approximate surface area is 196 Å². The number of aromatic nitrogens is 1. The Hall–Kier alpha value is -2.07. The summed E-state index contributed by atoms with van der Waals surface area (Å²) in [5.41, 5.74) is 3.08. The lowest BCUT2D eigenvalue weighted by Crippen LogP contribution is -3.15. The molecule has 0 spiro atoms. The molecule has 1 aliphatic rings. The Morgan fingerprint density at radius 1 is 0.969 bits per heavy atom. The van der Waals surface area contributed by atoms with Crippen LogP contribution in [0.5, 0.6) is 5.75 Å². The molecule has 0 bridgehead atoms. The van der Waals surface area contributed by atoms with E-state index in [1.807, 2.05) is 12.3 Å². The molecule has 0 saturated carbocycles. The fraction of sp³-hybridized carbons (Fsp3) is 0.607. The van der Waals surface area contributed by atoms with Crippen molar-refractivity contribution in [3.63, 3.8) is 0 Å². The van der Waals surface area contributed by atoms with Gasteiger partial charge in [0.15, 0.2) is 0 Å². The number of nitrogens with one attached hydrogen (secondary N) is 1. The maximum atomic E-state index is 6.37. The van der Waals surface area contributed by atoms with Crippen LogP contribution in [0.4, 0.5) is 5.82 Å². The predicted molar refractivity (Wildman–Crippen MR) is 135 cm³/mol.